The third kappa shape index (κ3) is 3.39. The second kappa shape index (κ2) is 6.57. The molecule has 20 heavy (non-hydrogen) atoms. The molecule has 0 radical (unpaired) electrons. The number of carbonyl (C=O) groups excluding carboxylic acids is 1. The Morgan fingerprint density at radius 3 is 2.45 bits per heavy atom. The lowest BCUT2D eigenvalue weighted by Crippen LogP contribution is -2.19. The van der Waals surface area contributed by atoms with Gasteiger partial charge in [0.2, 0.25) is 0 Å². The first-order valence-corrected chi connectivity index (χ1v) is 7.28. The first-order chi connectivity index (χ1) is 9.61. The molecule has 1 N–H and O–H groups in total. The molecule has 0 aliphatic carbocycles. The average Bonchev–Trinajstić information content (AvgIpc) is 2.47. The number of rotatable bonds is 4. The second-order valence-corrected chi connectivity index (χ2v) is 5.41. The normalized spacial score (nSPS) is 10.2. The van der Waals surface area contributed by atoms with Gasteiger partial charge in [-0.3, -0.25) is 4.79 Å². The summed E-state index contributed by atoms with van der Waals surface area (Å²) in [5.41, 5.74) is 2.48. The lowest BCUT2D eigenvalue weighted by Gasteiger charge is -2.20. The van der Waals surface area contributed by atoms with Crippen molar-refractivity contribution < 1.29 is 4.79 Å². The van der Waals surface area contributed by atoms with Crippen molar-refractivity contribution in [3.8, 4) is 0 Å². The molecule has 0 bridgehead atoms. The quantitative estimate of drug-likeness (QED) is 0.911. The van der Waals surface area contributed by atoms with Gasteiger partial charge < -0.3 is 10.2 Å². The van der Waals surface area contributed by atoms with E-state index >= 15 is 0 Å². The van der Waals surface area contributed by atoms with Gasteiger partial charge in [0.1, 0.15) is 0 Å². The van der Waals surface area contributed by atoms with Gasteiger partial charge in [0.05, 0.1) is 11.4 Å². The minimum Gasteiger partial charge on any atom is -0.373 e. The van der Waals surface area contributed by atoms with E-state index in [0.29, 0.717) is 5.56 Å². The summed E-state index contributed by atoms with van der Waals surface area (Å²) in [7, 11) is 2.00. The summed E-state index contributed by atoms with van der Waals surface area (Å²) >= 11 is 3.36. The van der Waals surface area contributed by atoms with Crippen molar-refractivity contribution in [2.45, 2.75) is 6.92 Å². The van der Waals surface area contributed by atoms with E-state index in [2.05, 4.69) is 33.1 Å². The molecule has 0 aliphatic rings. The maximum Gasteiger partial charge on any atom is 0.255 e. The lowest BCUT2D eigenvalue weighted by molar-refractivity contribution is 0.102. The Balaban J connectivity index is 2.21. The molecule has 104 valence electrons. The smallest absolute Gasteiger partial charge is 0.255 e. The summed E-state index contributed by atoms with van der Waals surface area (Å²) in [4.78, 5) is 14.3. The maximum absolute atomic E-state index is 12.2. The van der Waals surface area contributed by atoms with Gasteiger partial charge in [0.25, 0.3) is 5.91 Å². The fraction of sp³-hybridized carbons (Fsp3) is 0.188. The van der Waals surface area contributed by atoms with Crippen LogP contribution >= 0.6 is 15.9 Å². The number of hydrogen-bond acceptors (Lipinski definition) is 2. The van der Waals surface area contributed by atoms with Gasteiger partial charge >= 0.3 is 0 Å². The van der Waals surface area contributed by atoms with Gasteiger partial charge in [-0.1, -0.05) is 28.1 Å². The number of carbonyl (C=O) groups is 1. The molecule has 0 unspecified atom stereocenters. The third-order valence-corrected chi connectivity index (χ3v) is 3.67. The van der Waals surface area contributed by atoms with Crippen molar-refractivity contribution >= 4 is 33.2 Å². The zero-order valence-corrected chi connectivity index (χ0v) is 13.1. The molecule has 0 atom stereocenters. The van der Waals surface area contributed by atoms with E-state index in [-0.39, 0.29) is 5.91 Å². The van der Waals surface area contributed by atoms with Crippen molar-refractivity contribution in [3.63, 3.8) is 0 Å². The highest BCUT2D eigenvalue weighted by atomic mass is 79.9. The van der Waals surface area contributed by atoms with Gasteiger partial charge in [0.15, 0.2) is 0 Å². The summed E-state index contributed by atoms with van der Waals surface area (Å²) in [6.07, 6.45) is 0. The minimum atomic E-state index is -0.102. The van der Waals surface area contributed by atoms with Crippen LogP contribution in [0.15, 0.2) is 53.0 Å². The molecule has 2 aromatic carbocycles. The van der Waals surface area contributed by atoms with E-state index in [4.69, 9.17) is 0 Å². The Bertz CT molecular complexity index is 596. The van der Waals surface area contributed by atoms with Crippen LogP contribution in [0.1, 0.15) is 17.3 Å². The molecule has 1 amide bonds. The highest BCUT2D eigenvalue weighted by Gasteiger charge is 2.10. The first-order valence-electron chi connectivity index (χ1n) is 6.49. The molecule has 0 fully saturated rings. The van der Waals surface area contributed by atoms with Crippen LogP contribution in [0.3, 0.4) is 0 Å². The molecule has 2 rings (SSSR count). The summed E-state index contributed by atoms with van der Waals surface area (Å²) in [6, 6.07) is 15.1. The van der Waals surface area contributed by atoms with Crippen LogP contribution < -0.4 is 10.2 Å². The largest absolute Gasteiger partial charge is 0.373 e. The molecule has 0 saturated heterocycles. The molecule has 4 heteroatoms. The fourth-order valence-corrected chi connectivity index (χ4v) is 2.14. The first kappa shape index (κ1) is 14.6. The lowest BCUT2D eigenvalue weighted by atomic mass is 10.2. The Hall–Kier alpha value is -1.81. The van der Waals surface area contributed by atoms with E-state index in [1.54, 1.807) is 12.1 Å². The number of hydrogen-bond donors (Lipinski definition) is 1. The SMILES string of the molecule is CCN(C)c1ccccc1NC(=O)c1ccc(Br)cc1. The van der Waals surface area contributed by atoms with Crippen LogP contribution in [-0.4, -0.2) is 19.5 Å². The zero-order valence-electron chi connectivity index (χ0n) is 11.6. The van der Waals surface area contributed by atoms with Crippen LogP contribution in [-0.2, 0) is 0 Å². The summed E-state index contributed by atoms with van der Waals surface area (Å²) in [5, 5.41) is 2.97. The number of nitrogens with zero attached hydrogens (tertiary/aromatic N) is 1. The van der Waals surface area contributed by atoms with Crippen LogP contribution in [0.4, 0.5) is 11.4 Å². The number of amides is 1. The van der Waals surface area contributed by atoms with Crippen molar-refractivity contribution in [2.75, 3.05) is 23.8 Å². The Kier molecular flexibility index (Phi) is 4.79. The standard InChI is InChI=1S/C16H17BrN2O/c1-3-19(2)15-7-5-4-6-14(15)18-16(20)12-8-10-13(17)11-9-12/h4-11H,3H2,1-2H3,(H,18,20). The molecular weight excluding hydrogens is 316 g/mol. The Morgan fingerprint density at radius 2 is 1.80 bits per heavy atom. The van der Waals surface area contributed by atoms with Crippen LogP contribution in [0.5, 0.6) is 0 Å². The van der Waals surface area contributed by atoms with Crippen LogP contribution in [0, 0.1) is 0 Å². The third-order valence-electron chi connectivity index (χ3n) is 3.14. The number of para-hydroxylation sites is 2. The molecule has 0 aromatic heterocycles. The van der Waals surface area contributed by atoms with E-state index in [9.17, 15) is 4.79 Å². The van der Waals surface area contributed by atoms with Crippen molar-refractivity contribution in [3.05, 3.63) is 58.6 Å². The second-order valence-electron chi connectivity index (χ2n) is 4.49. The Morgan fingerprint density at radius 1 is 1.15 bits per heavy atom. The van der Waals surface area contributed by atoms with E-state index in [0.717, 1.165) is 22.4 Å². The molecular formula is C16H17BrN2O. The molecule has 2 aromatic rings. The van der Waals surface area contributed by atoms with Crippen molar-refractivity contribution in [2.24, 2.45) is 0 Å². The van der Waals surface area contributed by atoms with Gasteiger partial charge in [-0.15, -0.1) is 0 Å². The minimum absolute atomic E-state index is 0.102. The molecule has 0 aliphatic heterocycles. The number of nitrogens with one attached hydrogen (secondary N) is 1. The summed E-state index contributed by atoms with van der Waals surface area (Å²) in [5.74, 6) is -0.102. The summed E-state index contributed by atoms with van der Waals surface area (Å²) in [6.45, 7) is 2.96. The van der Waals surface area contributed by atoms with Crippen LogP contribution in [0.25, 0.3) is 0 Å². The fourth-order valence-electron chi connectivity index (χ4n) is 1.88. The van der Waals surface area contributed by atoms with Gasteiger partial charge in [-0.05, 0) is 43.3 Å². The summed E-state index contributed by atoms with van der Waals surface area (Å²) < 4.78 is 0.958. The highest BCUT2D eigenvalue weighted by Crippen LogP contribution is 2.25. The van der Waals surface area contributed by atoms with Crippen LogP contribution in [0.2, 0.25) is 0 Å². The molecule has 0 saturated carbocycles. The van der Waals surface area contributed by atoms with Gasteiger partial charge in [-0.25, -0.2) is 0 Å². The number of halogens is 1. The molecule has 0 spiro atoms. The van der Waals surface area contributed by atoms with Crippen molar-refractivity contribution in [1.82, 2.24) is 0 Å². The van der Waals surface area contributed by atoms with E-state index in [1.807, 2.05) is 43.4 Å². The number of anilines is 2. The Labute approximate surface area is 127 Å². The highest BCUT2D eigenvalue weighted by molar-refractivity contribution is 9.10. The van der Waals surface area contributed by atoms with E-state index in [1.165, 1.54) is 0 Å². The maximum atomic E-state index is 12.2. The van der Waals surface area contributed by atoms with E-state index < -0.39 is 0 Å². The predicted molar refractivity (Wildman–Crippen MR) is 87.5 cm³/mol. The molecule has 0 heterocycles. The molecule has 3 nitrogen and oxygen atoms in total. The van der Waals surface area contributed by atoms with Gasteiger partial charge in [0, 0.05) is 23.6 Å². The van der Waals surface area contributed by atoms with Crippen molar-refractivity contribution in [1.29, 1.82) is 0 Å². The topological polar surface area (TPSA) is 32.3 Å². The monoisotopic (exact) mass is 332 g/mol. The predicted octanol–water partition coefficient (Wildman–Crippen LogP) is 4.16. The zero-order chi connectivity index (χ0) is 14.5. The van der Waals surface area contributed by atoms with Gasteiger partial charge in [-0.2, -0.15) is 0 Å². The number of benzene rings is 2. The average molecular weight is 333 g/mol.